The number of aliphatic hydroxyl groups excluding tert-OH is 4. The number of unbranched alkanes of at least 4 members (excludes halogenated alkanes) is 1. The lowest BCUT2D eigenvalue weighted by Gasteiger charge is -2.42. The molecule has 1 fully saturated rings. The minimum atomic E-state index is -1.62. The summed E-state index contributed by atoms with van der Waals surface area (Å²) >= 11 is 0. The van der Waals surface area contributed by atoms with Crippen molar-refractivity contribution in [1.82, 2.24) is 0 Å². The largest absolute Gasteiger partial charge is 0.471 e. The third kappa shape index (κ3) is 5.45. The van der Waals surface area contributed by atoms with Gasteiger partial charge in [0.2, 0.25) is 6.29 Å². The molecule has 2 heterocycles. The molecule has 0 radical (unpaired) electrons. The lowest BCUT2D eigenvalue weighted by atomic mass is 9.82. The maximum atomic E-state index is 12.4. The molecule has 1 saturated heterocycles. The first-order valence-corrected chi connectivity index (χ1v) is 9.94. The van der Waals surface area contributed by atoms with Gasteiger partial charge in [0.1, 0.15) is 30.7 Å². The van der Waals surface area contributed by atoms with Gasteiger partial charge in [0, 0.05) is 18.3 Å². The summed E-state index contributed by atoms with van der Waals surface area (Å²) in [7, 11) is 0. The van der Waals surface area contributed by atoms with E-state index in [9.17, 15) is 30.0 Å². The van der Waals surface area contributed by atoms with Crippen LogP contribution in [0.4, 0.5) is 0 Å². The van der Waals surface area contributed by atoms with E-state index in [4.69, 9.17) is 18.9 Å². The minimum absolute atomic E-state index is 0.0245. The van der Waals surface area contributed by atoms with E-state index < -0.39 is 61.4 Å². The highest BCUT2D eigenvalue weighted by atomic mass is 16.8. The van der Waals surface area contributed by atoms with Crippen LogP contribution in [0.3, 0.4) is 0 Å². The number of aldehydes is 1. The highest BCUT2D eigenvalue weighted by molar-refractivity contribution is 5.89. The molecule has 0 unspecified atom stereocenters. The highest BCUT2D eigenvalue weighted by Crippen LogP contribution is 2.36. The van der Waals surface area contributed by atoms with Crippen molar-refractivity contribution in [3.8, 4) is 0 Å². The van der Waals surface area contributed by atoms with E-state index in [-0.39, 0.29) is 18.6 Å². The predicted molar refractivity (Wildman–Crippen MR) is 102 cm³/mol. The maximum absolute atomic E-state index is 12.4. The van der Waals surface area contributed by atoms with Crippen molar-refractivity contribution < 1.29 is 49.0 Å². The van der Waals surface area contributed by atoms with Crippen LogP contribution >= 0.6 is 0 Å². The molecule has 0 amide bonds. The molecule has 2 rings (SSSR count). The molecule has 0 aromatic heterocycles. The van der Waals surface area contributed by atoms with Gasteiger partial charge in [0.05, 0.1) is 25.0 Å². The molecule has 4 N–H and O–H groups in total. The smallest absolute Gasteiger partial charge is 0.337 e. The van der Waals surface area contributed by atoms with Crippen LogP contribution in [0.2, 0.25) is 0 Å². The number of carbonyl (C=O) groups excluding carboxylic acids is 2. The molecule has 170 valence electrons. The number of aliphatic hydroxyl groups is 4. The quantitative estimate of drug-likeness (QED) is 0.153. The van der Waals surface area contributed by atoms with Crippen molar-refractivity contribution in [2.75, 3.05) is 13.2 Å². The Bertz CT molecular complexity index is 619. The molecule has 2 aliphatic rings. The summed E-state index contributed by atoms with van der Waals surface area (Å²) in [5.74, 6) is -1.92. The summed E-state index contributed by atoms with van der Waals surface area (Å²) < 4.78 is 21.7. The van der Waals surface area contributed by atoms with E-state index in [1.165, 1.54) is 6.08 Å². The Hall–Kier alpha value is -1.82. The zero-order valence-corrected chi connectivity index (χ0v) is 16.8. The second-order valence-electron chi connectivity index (χ2n) is 7.22. The average molecular weight is 430 g/mol. The van der Waals surface area contributed by atoms with Gasteiger partial charge in [0.25, 0.3) is 0 Å². The van der Waals surface area contributed by atoms with Crippen LogP contribution in [-0.4, -0.2) is 82.9 Å². The third-order valence-corrected chi connectivity index (χ3v) is 5.21. The molecule has 10 nitrogen and oxygen atoms in total. The molecule has 0 aromatic carbocycles. The van der Waals surface area contributed by atoms with E-state index in [1.54, 1.807) is 0 Å². The number of hydrogen-bond donors (Lipinski definition) is 4. The molecule has 30 heavy (non-hydrogen) atoms. The molecule has 2 aliphatic heterocycles. The molecular formula is C20H30O10. The van der Waals surface area contributed by atoms with Crippen molar-refractivity contribution in [1.29, 1.82) is 0 Å². The fourth-order valence-electron chi connectivity index (χ4n) is 3.41. The van der Waals surface area contributed by atoms with Crippen molar-refractivity contribution in [3.05, 3.63) is 24.5 Å². The molecule has 0 aromatic rings. The first kappa shape index (κ1) is 24.4. The summed E-state index contributed by atoms with van der Waals surface area (Å²) in [5, 5.41) is 39.3. The fraction of sp³-hybridized carbons (Fsp3) is 0.700. The van der Waals surface area contributed by atoms with Gasteiger partial charge in [-0.2, -0.15) is 0 Å². The van der Waals surface area contributed by atoms with E-state index in [2.05, 4.69) is 6.58 Å². The SMILES string of the molecule is C=C[C@H]1[C@H](O[C@@H]2O[C@H](CO)[C@@H](O)[C@H](O)[C@H]2O)OC=C(C(=O)OCCCC)[C@H]1CC=O. The van der Waals surface area contributed by atoms with Crippen LogP contribution < -0.4 is 0 Å². The van der Waals surface area contributed by atoms with E-state index >= 15 is 0 Å². The number of ether oxygens (including phenoxy) is 4. The van der Waals surface area contributed by atoms with Gasteiger partial charge in [-0.05, 0) is 6.42 Å². The fourth-order valence-corrected chi connectivity index (χ4v) is 3.41. The Morgan fingerprint density at radius 3 is 2.57 bits per heavy atom. The van der Waals surface area contributed by atoms with Crippen LogP contribution in [0, 0.1) is 11.8 Å². The van der Waals surface area contributed by atoms with Crippen molar-refractivity contribution in [2.24, 2.45) is 11.8 Å². The lowest BCUT2D eigenvalue weighted by molar-refractivity contribution is -0.339. The Morgan fingerprint density at radius 1 is 1.23 bits per heavy atom. The minimum Gasteiger partial charge on any atom is -0.471 e. The van der Waals surface area contributed by atoms with E-state index in [0.717, 1.165) is 12.7 Å². The summed E-state index contributed by atoms with van der Waals surface area (Å²) in [6.45, 7) is 5.31. The highest BCUT2D eigenvalue weighted by Gasteiger charge is 2.47. The Kier molecular flexibility index (Phi) is 9.40. The summed E-state index contributed by atoms with van der Waals surface area (Å²) in [6, 6.07) is 0. The molecule has 0 bridgehead atoms. The van der Waals surface area contributed by atoms with Crippen molar-refractivity contribution >= 4 is 12.3 Å². The van der Waals surface area contributed by atoms with E-state index in [0.29, 0.717) is 12.7 Å². The summed E-state index contributed by atoms with van der Waals surface area (Å²) in [6.07, 6.45) is -3.67. The zero-order chi connectivity index (χ0) is 22.3. The lowest BCUT2D eigenvalue weighted by Crippen LogP contribution is -2.60. The van der Waals surface area contributed by atoms with Gasteiger partial charge < -0.3 is 44.2 Å². The van der Waals surface area contributed by atoms with Crippen molar-refractivity contribution in [2.45, 2.75) is 63.2 Å². The monoisotopic (exact) mass is 430 g/mol. The van der Waals surface area contributed by atoms with E-state index in [1.807, 2.05) is 6.92 Å². The van der Waals surface area contributed by atoms with Crippen LogP contribution in [0.5, 0.6) is 0 Å². The second kappa shape index (κ2) is 11.5. The second-order valence-corrected chi connectivity index (χ2v) is 7.22. The molecule has 8 atom stereocenters. The predicted octanol–water partition coefficient (Wildman–Crippen LogP) is -0.606. The van der Waals surface area contributed by atoms with Crippen LogP contribution in [0.25, 0.3) is 0 Å². The van der Waals surface area contributed by atoms with Gasteiger partial charge in [-0.3, -0.25) is 0 Å². The van der Waals surface area contributed by atoms with Gasteiger partial charge in [-0.15, -0.1) is 6.58 Å². The standard InChI is InChI=1S/C20H30O10/c1-3-5-8-27-18(26)13-10-28-19(11(4-2)12(13)6-7-21)30-20-17(25)16(24)15(23)14(9-22)29-20/h4,7,10-12,14-17,19-20,22-25H,2-3,5-6,8-9H2,1H3/t11-,12+,14-,15-,16+,17-,19+,20+/m1/s1. The normalized spacial score (nSPS) is 36.4. The third-order valence-electron chi connectivity index (χ3n) is 5.21. The molecule has 10 heteroatoms. The topological polar surface area (TPSA) is 152 Å². The summed E-state index contributed by atoms with van der Waals surface area (Å²) in [5.41, 5.74) is 0.164. The first-order chi connectivity index (χ1) is 14.4. The maximum Gasteiger partial charge on any atom is 0.337 e. The Balaban J connectivity index is 2.17. The zero-order valence-electron chi connectivity index (χ0n) is 16.8. The van der Waals surface area contributed by atoms with Crippen LogP contribution in [0.15, 0.2) is 24.5 Å². The number of hydrogen-bond acceptors (Lipinski definition) is 10. The van der Waals surface area contributed by atoms with Crippen molar-refractivity contribution in [3.63, 3.8) is 0 Å². The van der Waals surface area contributed by atoms with Crippen LogP contribution in [-0.2, 0) is 28.5 Å². The number of rotatable bonds is 10. The molecule has 0 spiro atoms. The molecule has 0 saturated carbocycles. The molecule has 0 aliphatic carbocycles. The number of carbonyl (C=O) groups is 2. The first-order valence-electron chi connectivity index (χ1n) is 9.94. The number of esters is 1. The van der Waals surface area contributed by atoms with Gasteiger partial charge >= 0.3 is 5.97 Å². The van der Waals surface area contributed by atoms with Gasteiger partial charge in [-0.1, -0.05) is 19.4 Å². The Labute approximate surface area is 174 Å². The molecular weight excluding hydrogens is 400 g/mol. The summed E-state index contributed by atoms with van der Waals surface area (Å²) in [4.78, 5) is 23.6. The van der Waals surface area contributed by atoms with Gasteiger partial charge in [0.15, 0.2) is 6.29 Å². The van der Waals surface area contributed by atoms with Crippen LogP contribution in [0.1, 0.15) is 26.2 Å². The average Bonchev–Trinajstić information content (AvgIpc) is 2.74. The van der Waals surface area contributed by atoms with Gasteiger partial charge in [-0.25, -0.2) is 4.79 Å². The Morgan fingerprint density at radius 2 is 1.97 bits per heavy atom.